The average Bonchev–Trinajstić information content (AvgIpc) is 3.09. The van der Waals surface area contributed by atoms with Gasteiger partial charge in [0.25, 0.3) is 0 Å². The monoisotopic (exact) mass is 226 g/mol. The molecule has 3 rings (SSSR count). The number of aromatic nitrogens is 6. The zero-order valence-electron chi connectivity index (χ0n) is 7.37. The molecule has 78 valence electrons. The standard InChI is InChI=1S/C3H3NS.C2H2N2O.CHN3O/c1-2-4-5-3-1;1-2-5-4-3-1;1-2-3-4-5-1/h1-3H;1-2H;1H. The third-order valence-corrected chi connectivity index (χ3v) is 1.38. The molecular formula is C6H6N6O2S. The molecule has 0 N–H and O–H groups in total. The van der Waals surface area contributed by atoms with E-state index in [2.05, 4.69) is 39.4 Å². The highest BCUT2D eigenvalue weighted by atomic mass is 32.1. The van der Waals surface area contributed by atoms with E-state index in [1.807, 2.05) is 11.4 Å². The van der Waals surface area contributed by atoms with Gasteiger partial charge in [-0.05, 0) is 22.8 Å². The van der Waals surface area contributed by atoms with Crippen LogP contribution in [0.1, 0.15) is 0 Å². The number of rotatable bonds is 0. The van der Waals surface area contributed by atoms with Crippen molar-refractivity contribution < 1.29 is 9.05 Å². The first kappa shape index (κ1) is 10.9. The van der Waals surface area contributed by atoms with Crippen LogP contribution in [0.25, 0.3) is 0 Å². The summed E-state index contributed by atoms with van der Waals surface area (Å²) < 4.78 is 12.1. The minimum absolute atomic E-state index is 1.15. The Hall–Kier alpha value is -2.16. The number of hydrogen-bond donors (Lipinski definition) is 0. The van der Waals surface area contributed by atoms with E-state index in [4.69, 9.17) is 0 Å². The van der Waals surface area contributed by atoms with Gasteiger partial charge in [-0.25, -0.2) is 4.37 Å². The van der Waals surface area contributed by atoms with Crippen LogP contribution in [0.2, 0.25) is 0 Å². The summed E-state index contributed by atoms with van der Waals surface area (Å²) in [6.07, 6.45) is 5.80. The molecule has 0 radical (unpaired) electrons. The van der Waals surface area contributed by atoms with Crippen LogP contribution in [-0.4, -0.2) is 30.3 Å². The summed E-state index contributed by atoms with van der Waals surface area (Å²) in [7, 11) is 0. The second-order valence-corrected chi connectivity index (χ2v) is 2.47. The predicted octanol–water partition coefficient (Wildman–Crippen LogP) is 0.677. The summed E-state index contributed by atoms with van der Waals surface area (Å²) in [6, 6.07) is 1.91. The lowest BCUT2D eigenvalue weighted by Gasteiger charge is -1.45. The molecule has 0 bridgehead atoms. The van der Waals surface area contributed by atoms with Crippen LogP contribution in [0, 0.1) is 0 Å². The maximum absolute atomic E-state index is 4.22. The van der Waals surface area contributed by atoms with E-state index in [1.54, 1.807) is 6.20 Å². The van der Waals surface area contributed by atoms with Crippen LogP contribution >= 0.6 is 11.5 Å². The van der Waals surface area contributed by atoms with E-state index in [9.17, 15) is 0 Å². The van der Waals surface area contributed by atoms with Crippen molar-refractivity contribution >= 4 is 11.5 Å². The molecule has 9 heteroatoms. The first-order chi connectivity index (χ1) is 7.50. The van der Waals surface area contributed by atoms with Crippen molar-refractivity contribution in [1.82, 2.24) is 30.3 Å². The number of hydrogen-bond acceptors (Lipinski definition) is 9. The molecule has 0 aliphatic heterocycles. The molecule has 0 atom stereocenters. The Morgan fingerprint density at radius 1 is 1.00 bits per heavy atom. The Morgan fingerprint density at radius 3 is 2.20 bits per heavy atom. The molecule has 0 fully saturated rings. The molecule has 3 aromatic rings. The fourth-order valence-electron chi connectivity index (χ4n) is 0.417. The van der Waals surface area contributed by atoms with Gasteiger partial charge in [0.15, 0.2) is 0 Å². The largest absolute Gasteiger partial charge is 0.346 e. The Kier molecular flexibility index (Phi) is 6.14. The van der Waals surface area contributed by atoms with E-state index < -0.39 is 0 Å². The minimum atomic E-state index is 1.15. The van der Waals surface area contributed by atoms with E-state index in [1.165, 1.54) is 24.0 Å². The molecule has 0 unspecified atom stereocenters. The molecule has 8 nitrogen and oxygen atoms in total. The second-order valence-electron chi connectivity index (χ2n) is 1.77. The Labute approximate surface area is 88.1 Å². The summed E-state index contributed by atoms with van der Waals surface area (Å²) in [4.78, 5) is 0. The van der Waals surface area contributed by atoms with Gasteiger partial charge < -0.3 is 9.05 Å². The van der Waals surface area contributed by atoms with Gasteiger partial charge in [0, 0.05) is 16.8 Å². The van der Waals surface area contributed by atoms with Crippen molar-refractivity contribution in [1.29, 1.82) is 0 Å². The maximum Gasteiger partial charge on any atom is 0.235 e. The highest BCUT2D eigenvalue weighted by Gasteiger charge is 1.62. The SMILES string of the molecule is c1cnsc1.c1conn1.c1nnno1. The molecule has 3 aromatic heterocycles. The van der Waals surface area contributed by atoms with E-state index in [0.717, 1.165) is 6.39 Å². The van der Waals surface area contributed by atoms with Gasteiger partial charge in [0.2, 0.25) is 6.39 Å². The van der Waals surface area contributed by atoms with Crippen molar-refractivity contribution in [2.75, 3.05) is 0 Å². The van der Waals surface area contributed by atoms with Crippen molar-refractivity contribution in [3.63, 3.8) is 0 Å². The third kappa shape index (κ3) is 6.95. The van der Waals surface area contributed by atoms with Crippen LogP contribution in [-0.2, 0) is 0 Å². The van der Waals surface area contributed by atoms with Crippen LogP contribution in [0.3, 0.4) is 0 Å². The molecule has 0 spiro atoms. The fourth-order valence-corrected chi connectivity index (χ4v) is 0.769. The zero-order chi connectivity index (χ0) is 10.6. The lowest BCUT2D eigenvalue weighted by Crippen LogP contribution is -1.61. The highest BCUT2D eigenvalue weighted by molar-refractivity contribution is 7.03. The quantitative estimate of drug-likeness (QED) is 0.551. The van der Waals surface area contributed by atoms with Crippen LogP contribution in [0.15, 0.2) is 45.5 Å². The zero-order valence-corrected chi connectivity index (χ0v) is 8.19. The Morgan fingerprint density at radius 2 is 2.00 bits per heavy atom. The summed E-state index contributed by atoms with van der Waals surface area (Å²) in [5.41, 5.74) is 0. The molecule has 15 heavy (non-hydrogen) atoms. The molecular weight excluding hydrogens is 220 g/mol. The molecule has 3 heterocycles. The van der Waals surface area contributed by atoms with E-state index in [-0.39, 0.29) is 0 Å². The lowest BCUT2D eigenvalue weighted by atomic mass is 10.8. The van der Waals surface area contributed by atoms with Gasteiger partial charge in [-0.15, -0.1) is 5.10 Å². The van der Waals surface area contributed by atoms with Crippen molar-refractivity contribution in [3.05, 3.63) is 36.5 Å². The van der Waals surface area contributed by atoms with Gasteiger partial charge in [-0.3, -0.25) is 0 Å². The predicted molar refractivity (Wildman–Crippen MR) is 48.5 cm³/mol. The third-order valence-electron chi connectivity index (χ3n) is 0.859. The van der Waals surface area contributed by atoms with Crippen LogP contribution in [0.4, 0.5) is 0 Å². The summed E-state index contributed by atoms with van der Waals surface area (Å²) in [5.74, 6) is 0. The van der Waals surface area contributed by atoms with Crippen LogP contribution in [0.5, 0.6) is 0 Å². The van der Waals surface area contributed by atoms with Gasteiger partial charge in [-0.2, -0.15) is 0 Å². The van der Waals surface area contributed by atoms with Gasteiger partial charge >= 0.3 is 0 Å². The van der Waals surface area contributed by atoms with E-state index >= 15 is 0 Å². The van der Waals surface area contributed by atoms with Crippen molar-refractivity contribution in [3.8, 4) is 0 Å². The average molecular weight is 226 g/mol. The highest BCUT2D eigenvalue weighted by Crippen LogP contribution is 1.83. The first-order valence-corrected chi connectivity index (χ1v) is 4.47. The minimum Gasteiger partial charge on any atom is -0.346 e. The van der Waals surface area contributed by atoms with Gasteiger partial charge in [0.05, 0.1) is 11.5 Å². The smallest absolute Gasteiger partial charge is 0.235 e. The molecule has 0 saturated heterocycles. The number of nitrogens with zero attached hydrogens (tertiary/aromatic N) is 6. The van der Waals surface area contributed by atoms with Gasteiger partial charge in [0.1, 0.15) is 6.26 Å². The topological polar surface area (TPSA) is 104 Å². The second kappa shape index (κ2) is 8.44. The molecule has 0 amide bonds. The first-order valence-electron chi connectivity index (χ1n) is 3.63. The van der Waals surface area contributed by atoms with Crippen molar-refractivity contribution in [2.24, 2.45) is 0 Å². The summed E-state index contributed by atoms with van der Waals surface area (Å²) >= 11 is 1.46. The Bertz CT molecular complexity index is 258. The molecule has 0 aliphatic carbocycles. The Balaban J connectivity index is 0.000000112. The van der Waals surface area contributed by atoms with Crippen LogP contribution < -0.4 is 0 Å². The van der Waals surface area contributed by atoms with Gasteiger partial charge in [-0.1, -0.05) is 5.10 Å². The fraction of sp³-hybridized carbons (Fsp3) is 0. The van der Waals surface area contributed by atoms with Crippen molar-refractivity contribution in [2.45, 2.75) is 0 Å². The lowest BCUT2D eigenvalue weighted by molar-refractivity contribution is 0.392. The normalized spacial score (nSPS) is 8.00. The maximum atomic E-state index is 4.22. The van der Waals surface area contributed by atoms with E-state index in [0.29, 0.717) is 0 Å². The molecule has 0 aliphatic rings. The summed E-state index contributed by atoms with van der Waals surface area (Å²) in [6.45, 7) is 0. The summed E-state index contributed by atoms with van der Waals surface area (Å²) in [5, 5.41) is 17.6. The molecule has 0 aromatic carbocycles. The molecule has 0 saturated carbocycles.